The average molecular weight is 218 g/mol. The summed E-state index contributed by atoms with van der Waals surface area (Å²) in [6, 6.07) is 5.49. The molecule has 0 atom stereocenters. The highest BCUT2D eigenvalue weighted by molar-refractivity contribution is 7.14. The Bertz CT molecular complexity index is 472. The smallest absolute Gasteiger partial charge is 0.238 e. The molecule has 3 rings (SSSR count). The summed E-state index contributed by atoms with van der Waals surface area (Å²) in [4.78, 5) is 14.1. The van der Waals surface area contributed by atoms with E-state index >= 15 is 0 Å². The highest BCUT2D eigenvalue weighted by atomic mass is 32.1. The van der Waals surface area contributed by atoms with E-state index < -0.39 is 0 Å². The summed E-state index contributed by atoms with van der Waals surface area (Å²) in [7, 11) is 0. The molecular formula is C12H10O2S. The number of ketones is 1. The standard InChI is InChI=1S/C12H10O2S/c13-12(9-4-2-6-14-9)11-7-8-3-1-5-10(8)15-11/h2,4,6-7H,1,3,5H2. The van der Waals surface area contributed by atoms with Gasteiger partial charge in [0.25, 0.3) is 0 Å². The molecule has 2 aromatic heterocycles. The first-order valence-electron chi connectivity index (χ1n) is 5.04. The van der Waals surface area contributed by atoms with Crippen molar-refractivity contribution in [2.24, 2.45) is 0 Å². The van der Waals surface area contributed by atoms with Crippen LogP contribution in [0.4, 0.5) is 0 Å². The van der Waals surface area contributed by atoms with Crippen molar-refractivity contribution >= 4 is 17.1 Å². The minimum absolute atomic E-state index is 0.0133. The summed E-state index contributed by atoms with van der Waals surface area (Å²) in [5.41, 5.74) is 1.36. The third-order valence-corrected chi connectivity index (χ3v) is 3.95. The number of hydrogen-bond donors (Lipinski definition) is 0. The van der Waals surface area contributed by atoms with Crippen LogP contribution in [-0.2, 0) is 12.8 Å². The number of carbonyl (C=O) groups excluding carboxylic acids is 1. The van der Waals surface area contributed by atoms with Gasteiger partial charge >= 0.3 is 0 Å². The number of thiophene rings is 1. The first-order valence-corrected chi connectivity index (χ1v) is 5.86. The second-order valence-electron chi connectivity index (χ2n) is 3.72. The summed E-state index contributed by atoms with van der Waals surface area (Å²) in [6.07, 6.45) is 5.02. The van der Waals surface area contributed by atoms with Crippen molar-refractivity contribution in [3.8, 4) is 0 Å². The van der Waals surface area contributed by atoms with Crippen molar-refractivity contribution in [3.05, 3.63) is 45.5 Å². The zero-order valence-corrected chi connectivity index (χ0v) is 8.97. The zero-order chi connectivity index (χ0) is 10.3. The third kappa shape index (κ3) is 1.43. The second-order valence-corrected chi connectivity index (χ2v) is 4.86. The molecule has 2 nitrogen and oxygen atoms in total. The van der Waals surface area contributed by atoms with Gasteiger partial charge in [0.1, 0.15) is 0 Å². The van der Waals surface area contributed by atoms with Crippen LogP contribution in [0.15, 0.2) is 28.9 Å². The van der Waals surface area contributed by atoms with E-state index in [0.717, 1.165) is 17.7 Å². The topological polar surface area (TPSA) is 30.2 Å². The molecule has 0 radical (unpaired) electrons. The lowest BCUT2D eigenvalue weighted by atomic mass is 10.2. The molecule has 0 saturated carbocycles. The Labute approximate surface area is 91.5 Å². The summed E-state index contributed by atoms with van der Waals surface area (Å²) in [5.74, 6) is 0.453. The van der Waals surface area contributed by atoms with Crippen LogP contribution >= 0.6 is 11.3 Å². The van der Waals surface area contributed by atoms with Crippen molar-refractivity contribution in [2.45, 2.75) is 19.3 Å². The first kappa shape index (κ1) is 8.92. The Hall–Kier alpha value is -1.35. The summed E-state index contributed by atoms with van der Waals surface area (Å²) in [5, 5.41) is 0. The lowest BCUT2D eigenvalue weighted by Crippen LogP contribution is -1.95. The van der Waals surface area contributed by atoms with E-state index in [1.54, 1.807) is 23.5 Å². The lowest BCUT2D eigenvalue weighted by Gasteiger charge is -1.92. The van der Waals surface area contributed by atoms with Gasteiger partial charge in [0.2, 0.25) is 5.78 Å². The van der Waals surface area contributed by atoms with E-state index in [4.69, 9.17) is 4.42 Å². The molecule has 0 N–H and O–H groups in total. The normalized spacial score (nSPS) is 14.1. The molecule has 0 spiro atoms. The number of fused-ring (bicyclic) bond motifs is 1. The monoisotopic (exact) mass is 218 g/mol. The molecular weight excluding hydrogens is 208 g/mol. The second kappa shape index (κ2) is 3.35. The maximum absolute atomic E-state index is 11.9. The number of rotatable bonds is 2. The average Bonchev–Trinajstić information content (AvgIpc) is 2.92. The molecule has 2 aromatic rings. The van der Waals surface area contributed by atoms with Gasteiger partial charge in [-0.25, -0.2) is 0 Å². The van der Waals surface area contributed by atoms with Crippen molar-refractivity contribution in [1.82, 2.24) is 0 Å². The van der Waals surface area contributed by atoms with Gasteiger partial charge in [0.15, 0.2) is 5.76 Å². The van der Waals surface area contributed by atoms with Gasteiger partial charge in [-0.3, -0.25) is 4.79 Å². The van der Waals surface area contributed by atoms with Crippen molar-refractivity contribution < 1.29 is 9.21 Å². The molecule has 0 bridgehead atoms. The van der Waals surface area contributed by atoms with E-state index in [1.807, 2.05) is 6.07 Å². The molecule has 15 heavy (non-hydrogen) atoms. The molecule has 2 heterocycles. The number of aryl methyl sites for hydroxylation is 2. The van der Waals surface area contributed by atoms with Gasteiger partial charge in [-0.05, 0) is 43.0 Å². The van der Waals surface area contributed by atoms with E-state index in [1.165, 1.54) is 23.1 Å². The van der Waals surface area contributed by atoms with E-state index in [-0.39, 0.29) is 5.78 Å². The van der Waals surface area contributed by atoms with Gasteiger partial charge in [-0.2, -0.15) is 0 Å². The highest BCUT2D eigenvalue weighted by Crippen LogP contribution is 2.31. The van der Waals surface area contributed by atoms with Crippen LogP contribution in [0.25, 0.3) is 0 Å². The van der Waals surface area contributed by atoms with Crippen molar-refractivity contribution in [2.75, 3.05) is 0 Å². The van der Waals surface area contributed by atoms with Crippen LogP contribution in [0.1, 0.15) is 32.3 Å². The molecule has 0 unspecified atom stereocenters. The minimum atomic E-state index is 0.0133. The fourth-order valence-corrected chi connectivity index (χ4v) is 3.17. The Morgan fingerprint density at radius 1 is 1.40 bits per heavy atom. The number of hydrogen-bond acceptors (Lipinski definition) is 3. The molecule has 0 aliphatic heterocycles. The Balaban J connectivity index is 1.97. The summed E-state index contributed by atoms with van der Waals surface area (Å²) < 4.78 is 5.11. The largest absolute Gasteiger partial charge is 0.461 e. The van der Waals surface area contributed by atoms with Gasteiger partial charge in [-0.15, -0.1) is 11.3 Å². The van der Waals surface area contributed by atoms with E-state index in [2.05, 4.69) is 0 Å². The van der Waals surface area contributed by atoms with Crippen LogP contribution in [0.5, 0.6) is 0 Å². The molecule has 1 aliphatic carbocycles. The van der Waals surface area contributed by atoms with E-state index in [0.29, 0.717) is 5.76 Å². The Morgan fingerprint density at radius 2 is 2.33 bits per heavy atom. The van der Waals surface area contributed by atoms with Crippen LogP contribution in [0.2, 0.25) is 0 Å². The Kier molecular flexibility index (Phi) is 1.99. The molecule has 0 saturated heterocycles. The van der Waals surface area contributed by atoms with Gasteiger partial charge in [0.05, 0.1) is 11.1 Å². The molecule has 0 amide bonds. The fraction of sp³-hybridized carbons (Fsp3) is 0.250. The zero-order valence-electron chi connectivity index (χ0n) is 8.16. The van der Waals surface area contributed by atoms with E-state index in [9.17, 15) is 4.79 Å². The van der Waals surface area contributed by atoms with Gasteiger partial charge in [0, 0.05) is 4.88 Å². The lowest BCUT2D eigenvalue weighted by molar-refractivity contribution is 0.101. The van der Waals surface area contributed by atoms with Gasteiger partial charge < -0.3 is 4.42 Å². The van der Waals surface area contributed by atoms with Crippen molar-refractivity contribution in [1.29, 1.82) is 0 Å². The van der Waals surface area contributed by atoms with Gasteiger partial charge in [-0.1, -0.05) is 0 Å². The minimum Gasteiger partial charge on any atom is -0.461 e. The summed E-state index contributed by atoms with van der Waals surface area (Å²) >= 11 is 1.62. The highest BCUT2D eigenvalue weighted by Gasteiger charge is 2.20. The predicted octanol–water partition coefficient (Wildman–Crippen LogP) is 3.06. The number of carbonyl (C=O) groups is 1. The third-order valence-electron chi connectivity index (χ3n) is 2.72. The quantitative estimate of drug-likeness (QED) is 0.725. The van der Waals surface area contributed by atoms with Crippen molar-refractivity contribution in [3.63, 3.8) is 0 Å². The summed E-state index contributed by atoms with van der Waals surface area (Å²) in [6.45, 7) is 0. The van der Waals surface area contributed by atoms with Crippen LogP contribution in [0, 0.1) is 0 Å². The molecule has 0 aromatic carbocycles. The molecule has 1 aliphatic rings. The fourth-order valence-electron chi connectivity index (χ4n) is 1.97. The maximum atomic E-state index is 11.9. The molecule has 3 heteroatoms. The Morgan fingerprint density at radius 3 is 3.07 bits per heavy atom. The SMILES string of the molecule is O=C(c1ccco1)c1cc2c(s1)CCC2. The number of furan rings is 1. The molecule has 0 fully saturated rings. The first-order chi connectivity index (χ1) is 7.34. The molecule has 76 valence electrons. The van der Waals surface area contributed by atoms with Crippen LogP contribution in [-0.4, -0.2) is 5.78 Å². The van der Waals surface area contributed by atoms with Crippen LogP contribution < -0.4 is 0 Å². The predicted molar refractivity (Wildman–Crippen MR) is 58.5 cm³/mol. The van der Waals surface area contributed by atoms with Crippen LogP contribution in [0.3, 0.4) is 0 Å². The maximum Gasteiger partial charge on any atom is 0.238 e.